The number of benzene rings is 1. The highest BCUT2D eigenvalue weighted by Gasteiger charge is 2.22. The van der Waals surface area contributed by atoms with E-state index < -0.39 is 0 Å². The van der Waals surface area contributed by atoms with Crippen molar-refractivity contribution in [1.29, 1.82) is 0 Å². The van der Waals surface area contributed by atoms with E-state index in [2.05, 4.69) is 14.8 Å². The average molecular weight is 292 g/mol. The standard InChI is InChI=1S/C14H17FN4S/c15-12-3-1-2-11(10-16)13(12)18-5-7-19(8-6-18)14-17-4-9-20-14/h1-4,9H,5-8,10,16H2. The number of thiazole rings is 1. The number of hydrogen-bond donors (Lipinski definition) is 1. The third kappa shape index (κ3) is 2.48. The number of aromatic nitrogens is 1. The van der Waals surface area contributed by atoms with Crippen molar-refractivity contribution < 1.29 is 4.39 Å². The lowest BCUT2D eigenvalue weighted by Gasteiger charge is -2.36. The molecule has 2 aromatic rings. The molecule has 1 aliphatic heterocycles. The van der Waals surface area contributed by atoms with Gasteiger partial charge in [-0.3, -0.25) is 0 Å². The highest BCUT2D eigenvalue weighted by Crippen LogP contribution is 2.27. The minimum absolute atomic E-state index is 0.185. The molecule has 0 unspecified atom stereocenters. The fraction of sp³-hybridized carbons (Fsp3) is 0.357. The molecule has 2 heterocycles. The second-order valence-corrected chi connectivity index (χ2v) is 5.61. The molecule has 1 aliphatic rings. The SMILES string of the molecule is NCc1cccc(F)c1N1CCN(c2nccs2)CC1. The maximum Gasteiger partial charge on any atom is 0.185 e. The van der Waals surface area contributed by atoms with Gasteiger partial charge in [-0.25, -0.2) is 9.37 Å². The van der Waals surface area contributed by atoms with Crippen LogP contribution in [0.2, 0.25) is 0 Å². The van der Waals surface area contributed by atoms with Gasteiger partial charge in [-0.05, 0) is 11.6 Å². The molecule has 1 aromatic heterocycles. The van der Waals surface area contributed by atoms with Crippen molar-refractivity contribution in [2.24, 2.45) is 5.73 Å². The van der Waals surface area contributed by atoms with Crippen LogP contribution in [0.1, 0.15) is 5.56 Å². The van der Waals surface area contributed by atoms with E-state index in [0.29, 0.717) is 12.2 Å². The Morgan fingerprint density at radius 3 is 2.60 bits per heavy atom. The highest BCUT2D eigenvalue weighted by atomic mass is 32.1. The molecular weight excluding hydrogens is 275 g/mol. The highest BCUT2D eigenvalue weighted by molar-refractivity contribution is 7.13. The predicted octanol–water partition coefficient (Wildman–Crippen LogP) is 2.07. The van der Waals surface area contributed by atoms with Crippen molar-refractivity contribution in [3.05, 3.63) is 41.2 Å². The van der Waals surface area contributed by atoms with Crippen molar-refractivity contribution in [2.45, 2.75) is 6.54 Å². The molecule has 20 heavy (non-hydrogen) atoms. The van der Waals surface area contributed by atoms with E-state index in [1.54, 1.807) is 17.4 Å². The summed E-state index contributed by atoms with van der Waals surface area (Å²) < 4.78 is 14.1. The molecule has 0 atom stereocenters. The first-order valence-corrected chi connectivity index (χ1v) is 7.54. The zero-order chi connectivity index (χ0) is 13.9. The first-order valence-electron chi connectivity index (χ1n) is 6.66. The molecule has 0 bridgehead atoms. The Hall–Kier alpha value is -1.66. The Kier molecular flexibility index (Phi) is 3.84. The zero-order valence-electron chi connectivity index (χ0n) is 11.1. The molecule has 2 N–H and O–H groups in total. The van der Waals surface area contributed by atoms with E-state index in [4.69, 9.17) is 5.73 Å². The van der Waals surface area contributed by atoms with Crippen molar-refractivity contribution >= 4 is 22.2 Å². The van der Waals surface area contributed by atoms with Gasteiger partial charge in [-0.15, -0.1) is 11.3 Å². The Morgan fingerprint density at radius 1 is 1.20 bits per heavy atom. The maximum atomic E-state index is 14.1. The van der Waals surface area contributed by atoms with E-state index in [1.807, 2.05) is 17.6 Å². The molecule has 0 saturated carbocycles. The van der Waals surface area contributed by atoms with Crippen molar-refractivity contribution in [3.8, 4) is 0 Å². The molecule has 4 nitrogen and oxygen atoms in total. The maximum absolute atomic E-state index is 14.1. The first-order chi connectivity index (χ1) is 9.79. The summed E-state index contributed by atoms with van der Waals surface area (Å²) in [7, 11) is 0. The number of halogens is 1. The number of piperazine rings is 1. The van der Waals surface area contributed by atoms with Gasteiger partial charge in [-0.1, -0.05) is 12.1 Å². The molecule has 1 aromatic carbocycles. The summed E-state index contributed by atoms with van der Waals surface area (Å²) in [5.41, 5.74) is 7.25. The minimum atomic E-state index is -0.185. The van der Waals surface area contributed by atoms with Crippen LogP contribution >= 0.6 is 11.3 Å². The topological polar surface area (TPSA) is 45.4 Å². The lowest BCUT2D eigenvalue weighted by atomic mass is 10.1. The van der Waals surface area contributed by atoms with E-state index in [-0.39, 0.29) is 5.82 Å². The van der Waals surface area contributed by atoms with Crippen LogP contribution in [0.25, 0.3) is 0 Å². The summed E-state index contributed by atoms with van der Waals surface area (Å²) in [4.78, 5) is 8.65. The molecule has 0 amide bonds. The van der Waals surface area contributed by atoms with Crippen LogP contribution < -0.4 is 15.5 Å². The molecule has 6 heteroatoms. The minimum Gasteiger partial charge on any atom is -0.365 e. The van der Waals surface area contributed by atoms with Crippen LogP contribution in [0.5, 0.6) is 0 Å². The van der Waals surface area contributed by atoms with Gasteiger partial charge in [0.15, 0.2) is 5.13 Å². The summed E-state index contributed by atoms with van der Waals surface area (Å²) >= 11 is 1.64. The van der Waals surface area contributed by atoms with Gasteiger partial charge in [0.1, 0.15) is 5.82 Å². The summed E-state index contributed by atoms with van der Waals surface area (Å²) in [5, 5.41) is 3.02. The normalized spacial score (nSPS) is 15.7. The summed E-state index contributed by atoms with van der Waals surface area (Å²) in [6, 6.07) is 5.11. The summed E-state index contributed by atoms with van der Waals surface area (Å²) in [6.45, 7) is 3.64. The van der Waals surface area contributed by atoms with E-state index in [9.17, 15) is 4.39 Å². The first kappa shape index (κ1) is 13.3. The summed E-state index contributed by atoms with van der Waals surface area (Å²) in [6.07, 6.45) is 1.82. The molecule has 0 aliphatic carbocycles. The smallest absolute Gasteiger partial charge is 0.185 e. The number of rotatable bonds is 3. The molecule has 1 saturated heterocycles. The van der Waals surface area contributed by atoms with Crippen LogP contribution in [-0.4, -0.2) is 31.2 Å². The molecular formula is C14H17FN4S. The largest absolute Gasteiger partial charge is 0.365 e. The molecule has 3 rings (SSSR count). The second-order valence-electron chi connectivity index (χ2n) is 4.74. The Balaban J connectivity index is 1.75. The average Bonchev–Trinajstić information content (AvgIpc) is 3.01. The Bertz CT molecular complexity index is 565. The molecule has 0 radical (unpaired) electrons. The summed E-state index contributed by atoms with van der Waals surface area (Å²) in [5.74, 6) is -0.185. The Morgan fingerprint density at radius 2 is 1.95 bits per heavy atom. The van der Waals surface area contributed by atoms with E-state index in [1.165, 1.54) is 6.07 Å². The van der Waals surface area contributed by atoms with Gasteiger partial charge in [0.25, 0.3) is 0 Å². The third-order valence-corrected chi connectivity index (χ3v) is 4.41. The van der Waals surface area contributed by atoms with Gasteiger partial charge in [0, 0.05) is 44.3 Å². The van der Waals surface area contributed by atoms with Gasteiger partial charge >= 0.3 is 0 Å². The molecule has 106 valence electrons. The van der Waals surface area contributed by atoms with Gasteiger partial charge < -0.3 is 15.5 Å². The zero-order valence-corrected chi connectivity index (χ0v) is 11.9. The number of nitrogens with zero attached hydrogens (tertiary/aromatic N) is 3. The van der Waals surface area contributed by atoms with E-state index >= 15 is 0 Å². The Labute approximate surface area is 121 Å². The van der Waals surface area contributed by atoms with Gasteiger partial charge in [-0.2, -0.15) is 0 Å². The van der Waals surface area contributed by atoms with Crippen molar-refractivity contribution in [1.82, 2.24) is 4.98 Å². The van der Waals surface area contributed by atoms with Crippen molar-refractivity contribution in [2.75, 3.05) is 36.0 Å². The number of nitrogens with two attached hydrogens (primary N) is 1. The lowest BCUT2D eigenvalue weighted by molar-refractivity contribution is 0.594. The predicted molar refractivity (Wildman–Crippen MR) is 80.8 cm³/mol. The number of anilines is 2. The van der Waals surface area contributed by atoms with Gasteiger partial charge in [0.05, 0.1) is 5.69 Å². The van der Waals surface area contributed by atoms with Crippen molar-refractivity contribution in [3.63, 3.8) is 0 Å². The second kappa shape index (κ2) is 5.76. The van der Waals surface area contributed by atoms with Crippen LogP contribution in [0.15, 0.2) is 29.8 Å². The lowest BCUT2D eigenvalue weighted by Crippen LogP contribution is -2.47. The molecule has 1 fully saturated rings. The van der Waals surface area contributed by atoms with Crippen LogP contribution in [-0.2, 0) is 6.54 Å². The van der Waals surface area contributed by atoms with Gasteiger partial charge in [0.2, 0.25) is 0 Å². The quantitative estimate of drug-likeness (QED) is 0.940. The van der Waals surface area contributed by atoms with Crippen LogP contribution in [0.4, 0.5) is 15.2 Å². The monoisotopic (exact) mass is 292 g/mol. The number of hydrogen-bond acceptors (Lipinski definition) is 5. The van der Waals surface area contributed by atoms with Crippen LogP contribution in [0.3, 0.4) is 0 Å². The molecule has 0 spiro atoms. The third-order valence-electron chi connectivity index (χ3n) is 3.58. The van der Waals surface area contributed by atoms with Crippen LogP contribution in [0, 0.1) is 5.82 Å². The number of para-hydroxylation sites is 1. The fourth-order valence-corrected chi connectivity index (χ4v) is 3.27. The fourth-order valence-electron chi connectivity index (χ4n) is 2.57. The van der Waals surface area contributed by atoms with E-state index in [0.717, 1.165) is 36.9 Å².